The molecule has 0 fully saturated rings. The number of aliphatic hydroxyl groups excluding tert-OH is 1. The molecule has 1 unspecified atom stereocenters. The second kappa shape index (κ2) is 6.94. The van der Waals surface area contributed by atoms with Crippen LogP contribution in [0.4, 0.5) is 0 Å². The van der Waals surface area contributed by atoms with Crippen LogP contribution in [-0.2, 0) is 4.79 Å². The van der Waals surface area contributed by atoms with Gasteiger partial charge in [0.1, 0.15) is 11.3 Å². The van der Waals surface area contributed by atoms with Crippen molar-refractivity contribution in [3.05, 3.63) is 78.1 Å². The zero-order valence-corrected chi connectivity index (χ0v) is 12.5. The predicted molar refractivity (Wildman–Crippen MR) is 89.7 cm³/mol. The van der Waals surface area contributed by atoms with Crippen LogP contribution >= 0.6 is 0 Å². The molecule has 0 saturated carbocycles. The van der Waals surface area contributed by atoms with Crippen LogP contribution in [0.15, 0.2) is 71.2 Å². The average Bonchev–Trinajstić information content (AvgIpc) is 3.01. The highest BCUT2D eigenvalue weighted by Gasteiger charge is 2.11. The predicted octanol–water partition coefficient (Wildman–Crippen LogP) is 3.30. The lowest BCUT2D eigenvalue weighted by atomic mass is 10.1. The van der Waals surface area contributed by atoms with Crippen molar-refractivity contribution in [2.45, 2.75) is 6.04 Å². The van der Waals surface area contributed by atoms with Crippen LogP contribution in [0.5, 0.6) is 0 Å². The lowest BCUT2D eigenvalue weighted by Gasteiger charge is -2.15. The molecule has 0 bridgehead atoms. The molecule has 0 aliphatic heterocycles. The summed E-state index contributed by atoms with van der Waals surface area (Å²) < 4.78 is 5.62. The molecule has 1 aromatic heterocycles. The summed E-state index contributed by atoms with van der Waals surface area (Å²) in [5, 5.41) is 13.2. The van der Waals surface area contributed by atoms with Gasteiger partial charge in [-0.25, -0.2) is 0 Å². The molecular weight excluding hydrogens is 290 g/mol. The van der Waals surface area contributed by atoms with E-state index in [1.807, 2.05) is 60.7 Å². The van der Waals surface area contributed by atoms with Gasteiger partial charge in [-0.15, -0.1) is 0 Å². The van der Waals surface area contributed by atoms with Crippen molar-refractivity contribution >= 4 is 23.0 Å². The number of carbonyl (C=O) groups is 1. The molecule has 0 aliphatic carbocycles. The minimum absolute atomic E-state index is 0.159. The third kappa shape index (κ3) is 3.67. The number of nitrogens with one attached hydrogen (secondary N) is 1. The Balaban J connectivity index is 1.68. The monoisotopic (exact) mass is 307 g/mol. The number of furan rings is 1. The molecule has 1 atom stereocenters. The van der Waals surface area contributed by atoms with Gasteiger partial charge < -0.3 is 14.8 Å². The molecule has 4 nitrogen and oxygen atoms in total. The number of fused-ring (bicyclic) bond motifs is 1. The number of hydrogen-bond acceptors (Lipinski definition) is 3. The summed E-state index contributed by atoms with van der Waals surface area (Å²) >= 11 is 0. The smallest absolute Gasteiger partial charge is 0.244 e. The Bertz CT molecular complexity index is 788. The molecule has 116 valence electrons. The molecule has 2 N–H and O–H groups in total. The SMILES string of the molecule is O=C(/C=C/c1cc2ccccc2o1)NC(CO)c1ccccc1. The van der Waals surface area contributed by atoms with E-state index in [1.54, 1.807) is 6.08 Å². The van der Waals surface area contributed by atoms with E-state index in [0.717, 1.165) is 16.5 Å². The van der Waals surface area contributed by atoms with E-state index in [4.69, 9.17) is 4.42 Å². The molecule has 3 aromatic rings. The summed E-state index contributed by atoms with van der Waals surface area (Å²) in [7, 11) is 0. The van der Waals surface area contributed by atoms with Gasteiger partial charge in [-0.1, -0.05) is 48.5 Å². The lowest BCUT2D eigenvalue weighted by Crippen LogP contribution is -2.29. The van der Waals surface area contributed by atoms with Gasteiger partial charge in [-0.3, -0.25) is 4.79 Å². The van der Waals surface area contributed by atoms with Crippen molar-refractivity contribution in [2.24, 2.45) is 0 Å². The topological polar surface area (TPSA) is 62.5 Å². The maximum Gasteiger partial charge on any atom is 0.244 e. The highest BCUT2D eigenvalue weighted by molar-refractivity contribution is 5.92. The maximum absolute atomic E-state index is 12.0. The van der Waals surface area contributed by atoms with Crippen molar-refractivity contribution < 1.29 is 14.3 Å². The van der Waals surface area contributed by atoms with E-state index in [2.05, 4.69) is 5.32 Å². The van der Waals surface area contributed by atoms with E-state index in [1.165, 1.54) is 6.08 Å². The van der Waals surface area contributed by atoms with E-state index in [-0.39, 0.29) is 12.5 Å². The van der Waals surface area contributed by atoms with Crippen LogP contribution < -0.4 is 5.32 Å². The lowest BCUT2D eigenvalue weighted by molar-refractivity contribution is -0.117. The minimum atomic E-state index is -0.427. The largest absolute Gasteiger partial charge is 0.457 e. The highest BCUT2D eigenvalue weighted by atomic mass is 16.3. The molecule has 1 heterocycles. The summed E-state index contributed by atoms with van der Waals surface area (Å²) in [4.78, 5) is 12.0. The third-order valence-electron chi connectivity index (χ3n) is 3.54. The minimum Gasteiger partial charge on any atom is -0.457 e. The van der Waals surface area contributed by atoms with Crippen molar-refractivity contribution in [3.63, 3.8) is 0 Å². The molecular formula is C19H17NO3. The van der Waals surface area contributed by atoms with Gasteiger partial charge in [-0.2, -0.15) is 0 Å². The second-order valence-corrected chi connectivity index (χ2v) is 5.17. The number of hydrogen-bond donors (Lipinski definition) is 2. The number of aliphatic hydroxyl groups is 1. The number of para-hydroxylation sites is 1. The summed E-state index contributed by atoms with van der Waals surface area (Å²) in [6.45, 7) is -0.159. The van der Waals surface area contributed by atoms with Crippen LogP contribution in [0.1, 0.15) is 17.4 Å². The molecule has 23 heavy (non-hydrogen) atoms. The molecule has 4 heteroatoms. The number of carbonyl (C=O) groups excluding carboxylic acids is 1. The van der Waals surface area contributed by atoms with Crippen molar-refractivity contribution in [1.29, 1.82) is 0 Å². The van der Waals surface area contributed by atoms with Gasteiger partial charge in [0.2, 0.25) is 5.91 Å². The van der Waals surface area contributed by atoms with Gasteiger partial charge >= 0.3 is 0 Å². The molecule has 0 spiro atoms. The molecule has 1 amide bonds. The Kier molecular flexibility index (Phi) is 4.54. The molecule has 2 aromatic carbocycles. The average molecular weight is 307 g/mol. The summed E-state index contributed by atoms with van der Waals surface area (Å²) in [6, 6.07) is 18.5. The Morgan fingerprint density at radius 1 is 1.13 bits per heavy atom. The van der Waals surface area contributed by atoms with Crippen LogP contribution in [0.3, 0.4) is 0 Å². The Morgan fingerprint density at radius 2 is 1.87 bits per heavy atom. The normalized spacial score (nSPS) is 12.6. The van der Waals surface area contributed by atoms with Crippen LogP contribution in [0, 0.1) is 0 Å². The van der Waals surface area contributed by atoms with Gasteiger partial charge in [0.15, 0.2) is 0 Å². The second-order valence-electron chi connectivity index (χ2n) is 5.17. The van der Waals surface area contributed by atoms with Gasteiger partial charge in [-0.05, 0) is 23.8 Å². The highest BCUT2D eigenvalue weighted by Crippen LogP contribution is 2.19. The van der Waals surface area contributed by atoms with Crippen molar-refractivity contribution in [2.75, 3.05) is 6.61 Å². The van der Waals surface area contributed by atoms with Gasteiger partial charge in [0.05, 0.1) is 12.6 Å². The number of benzene rings is 2. The van der Waals surface area contributed by atoms with E-state index < -0.39 is 6.04 Å². The first kappa shape index (κ1) is 15.1. The molecule has 3 rings (SSSR count). The van der Waals surface area contributed by atoms with Crippen LogP contribution in [0.25, 0.3) is 17.0 Å². The first-order chi connectivity index (χ1) is 11.3. The quantitative estimate of drug-likeness (QED) is 0.711. The van der Waals surface area contributed by atoms with Gasteiger partial charge in [0, 0.05) is 11.5 Å². The number of rotatable bonds is 5. The first-order valence-corrected chi connectivity index (χ1v) is 7.39. The van der Waals surface area contributed by atoms with E-state index in [0.29, 0.717) is 5.76 Å². The molecule has 0 radical (unpaired) electrons. The summed E-state index contributed by atoms with van der Waals surface area (Å²) in [5.41, 5.74) is 1.64. The fourth-order valence-electron chi connectivity index (χ4n) is 2.38. The van der Waals surface area contributed by atoms with Crippen molar-refractivity contribution in [1.82, 2.24) is 5.32 Å². The van der Waals surface area contributed by atoms with E-state index >= 15 is 0 Å². The summed E-state index contributed by atoms with van der Waals surface area (Å²) in [6.07, 6.45) is 3.03. The number of amides is 1. The zero-order valence-electron chi connectivity index (χ0n) is 12.5. The van der Waals surface area contributed by atoms with Crippen LogP contribution in [-0.4, -0.2) is 17.6 Å². The molecule has 0 aliphatic rings. The standard InChI is InChI=1S/C19H17NO3/c21-13-17(14-6-2-1-3-7-14)20-19(22)11-10-16-12-15-8-4-5-9-18(15)23-16/h1-12,17,21H,13H2,(H,20,22)/b11-10+. The van der Waals surface area contributed by atoms with Crippen molar-refractivity contribution in [3.8, 4) is 0 Å². The van der Waals surface area contributed by atoms with E-state index in [9.17, 15) is 9.90 Å². The van der Waals surface area contributed by atoms with Crippen LogP contribution in [0.2, 0.25) is 0 Å². The fraction of sp³-hybridized carbons (Fsp3) is 0.105. The third-order valence-corrected chi connectivity index (χ3v) is 3.54. The Morgan fingerprint density at radius 3 is 2.61 bits per heavy atom. The maximum atomic E-state index is 12.0. The zero-order chi connectivity index (χ0) is 16.1. The summed E-state index contributed by atoms with van der Waals surface area (Å²) in [5.74, 6) is 0.329. The molecule has 0 saturated heterocycles. The van der Waals surface area contributed by atoms with Gasteiger partial charge in [0.25, 0.3) is 0 Å². The Labute approximate surface area is 134 Å². The Hall–Kier alpha value is -2.85. The fourth-order valence-corrected chi connectivity index (χ4v) is 2.38. The first-order valence-electron chi connectivity index (χ1n) is 7.39.